The molecule has 19 heavy (non-hydrogen) atoms. The predicted molar refractivity (Wildman–Crippen MR) is 67.5 cm³/mol. The molecule has 8 heteroatoms. The normalized spacial score (nSPS) is 11.5. The summed E-state index contributed by atoms with van der Waals surface area (Å²) in [5.41, 5.74) is 5.31. The fourth-order valence-corrected chi connectivity index (χ4v) is 1.33. The van der Waals surface area contributed by atoms with E-state index in [2.05, 4.69) is 15.4 Å². The molecule has 0 aliphatic carbocycles. The first kappa shape index (κ1) is 17.2. The number of aliphatic carboxylic acids is 1. The molecule has 0 aromatic heterocycles. The number of nitrogens with two attached hydrogens (primary N) is 1. The molecule has 0 unspecified atom stereocenters. The maximum atomic E-state index is 11.4. The van der Waals surface area contributed by atoms with Gasteiger partial charge in [-0.1, -0.05) is 0 Å². The summed E-state index contributed by atoms with van der Waals surface area (Å²) >= 11 is 0. The highest BCUT2D eigenvalue weighted by Gasteiger charge is 2.19. The van der Waals surface area contributed by atoms with Crippen molar-refractivity contribution >= 4 is 18.0 Å². The van der Waals surface area contributed by atoms with Gasteiger partial charge in [-0.15, -0.1) is 0 Å². The smallest absolute Gasteiger partial charge is 0.407 e. The SMILES string of the molecule is CCOC(=O)NCC(=O)N[C@@H](CCCCN)C(=O)O. The molecule has 0 aromatic carbocycles. The van der Waals surface area contributed by atoms with Gasteiger partial charge < -0.3 is 26.2 Å². The molecule has 0 rings (SSSR count). The summed E-state index contributed by atoms with van der Waals surface area (Å²) in [5, 5.41) is 13.5. The minimum absolute atomic E-state index is 0.199. The highest BCUT2D eigenvalue weighted by Crippen LogP contribution is 2.00. The molecular formula is C11H21N3O5. The molecule has 0 aliphatic heterocycles. The van der Waals surface area contributed by atoms with Crippen molar-refractivity contribution in [2.24, 2.45) is 5.73 Å². The predicted octanol–water partition coefficient (Wildman–Crippen LogP) is -0.569. The maximum absolute atomic E-state index is 11.4. The fraction of sp³-hybridized carbons (Fsp3) is 0.727. The van der Waals surface area contributed by atoms with Crippen LogP contribution < -0.4 is 16.4 Å². The molecule has 1 atom stereocenters. The fourth-order valence-electron chi connectivity index (χ4n) is 1.33. The van der Waals surface area contributed by atoms with Gasteiger partial charge in [0, 0.05) is 0 Å². The number of nitrogens with one attached hydrogen (secondary N) is 2. The summed E-state index contributed by atoms with van der Waals surface area (Å²) in [6.45, 7) is 1.99. The number of alkyl carbamates (subject to hydrolysis) is 1. The van der Waals surface area contributed by atoms with Crippen molar-refractivity contribution in [3.63, 3.8) is 0 Å². The highest BCUT2D eigenvalue weighted by atomic mass is 16.5. The first-order chi connectivity index (χ1) is 9.01. The second kappa shape index (κ2) is 10.1. The second-order valence-corrected chi connectivity index (χ2v) is 3.82. The first-order valence-corrected chi connectivity index (χ1v) is 6.14. The van der Waals surface area contributed by atoms with Crippen molar-refractivity contribution in [3.8, 4) is 0 Å². The van der Waals surface area contributed by atoms with Gasteiger partial charge in [-0.05, 0) is 32.7 Å². The Balaban J connectivity index is 4.02. The van der Waals surface area contributed by atoms with E-state index in [0.717, 1.165) is 0 Å². The molecular weight excluding hydrogens is 254 g/mol. The van der Waals surface area contributed by atoms with Crippen molar-refractivity contribution < 1.29 is 24.2 Å². The van der Waals surface area contributed by atoms with Crippen molar-refractivity contribution in [2.45, 2.75) is 32.2 Å². The molecule has 0 fully saturated rings. The van der Waals surface area contributed by atoms with Gasteiger partial charge >= 0.3 is 12.1 Å². The highest BCUT2D eigenvalue weighted by molar-refractivity contribution is 5.86. The monoisotopic (exact) mass is 275 g/mol. The number of hydrogen-bond donors (Lipinski definition) is 4. The molecule has 0 bridgehead atoms. The largest absolute Gasteiger partial charge is 0.480 e. The van der Waals surface area contributed by atoms with Crippen LogP contribution in [0.1, 0.15) is 26.2 Å². The minimum Gasteiger partial charge on any atom is -0.480 e. The molecule has 8 nitrogen and oxygen atoms in total. The molecule has 0 heterocycles. The van der Waals surface area contributed by atoms with E-state index in [9.17, 15) is 14.4 Å². The van der Waals surface area contributed by atoms with E-state index < -0.39 is 24.0 Å². The lowest BCUT2D eigenvalue weighted by Gasteiger charge is -2.14. The summed E-state index contributed by atoms with van der Waals surface area (Å²) < 4.78 is 4.56. The molecule has 0 aliphatic rings. The number of carboxylic acids is 1. The lowest BCUT2D eigenvalue weighted by Crippen LogP contribution is -2.45. The van der Waals surface area contributed by atoms with Gasteiger partial charge in [0.1, 0.15) is 12.6 Å². The second-order valence-electron chi connectivity index (χ2n) is 3.82. The van der Waals surface area contributed by atoms with Gasteiger partial charge in [-0.2, -0.15) is 0 Å². The Morgan fingerprint density at radius 2 is 2.00 bits per heavy atom. The zero-order chi connectivity index (χ0) is 14.7. The van der Waals surface area contributed by atoms with Crippen LogP contribution >= 0.6 is 0 Å². The van der Waals surface area contributed by atoms with E-state index in [1.807, 2.05) is 0 Å². The van der Waals surface area contributed by atoms with Crippen LogP contribution in [0.25, 0.3) is 0 Å². The van der Waals surface area contributed by atoms with Crippen molar-refractivity contribution in [1.82, 2.24) is 10.6 Å². The maximum Gasteiger partial charge on any atom is 0.407 e. The van der Waals surface area contributed by atoms with Crippen molar-refractivity contribution in [2.75, 3.05) is 19.7 Å². The molecule has 0 saturated carbocycles. The standard InChI is InChI=1S/C11H21N3O5/c1-2-19-11(18)13-7-9(15)14-8(10(16)17)5-3-4-6-12/h8H,2-7,12H2,1H3,(H,13,18)(H,14,15)(H,16,17)/t8-/m0/s1. The van der Waals surface area contributed by atoms with Crippen LogP contribution in [0.3, 0.4) is 0 Å². The van der Waals surface area contributed by atoms with Crippen molar-refractivity contribution in [3.05, 3.63) is 0 Å². The first-order valence-electron chi connectivity index (χ1n) is 6.14. The number of carboxylic acid groups (broad SMARTS) is 1. The third-order valence-electron chi connectivity index (χ3n) is 2.25. The third kappa shape index (κ3) is 8.83. The molecule has 0 aromatic rings. The van der Waals surface area contributed by atoms with Gasteiger partial charge in [-0.25, -0.2) is 9.59 Å². The van der Waals surface area contributed by atoms with Crippen LogP contribution in [0, 0.1) is 0 Å². The zero-order valence-electron chi connectivity index (χ0n) is 11.0. The number of hydrogen-bond acceptors (Lipinski definition) is 5. The van der Waals surface area contributed by atoms with E-state index in [-0.39, 0.29) is 13.2 Å². The Kier molecular flexibility index (Phi) is 9.15. The van der Waals surface area contributed by atoms with Gasteiger partial charge in [0.05, 0.1) is 6.61 Å². The minimum atomic E-state index is -1.11. The van der Waals surface area contributed by atoms with Crippen LogP contribution in [-0.4, -0.2) is 48.8 Å². The summed E-state index contributed by atoms with van der Waals surface area (Å²) in [7, 11) is 0. The summed E-state index contributed by atoms with van der Waals surface area (Å²) in [6, 6.07) is -0.969. The Morgan fingerprint density at radius 3 is 2.53 bits per heavy atom. The van der Waals surface area contributed by atoms with Crippen LogP contribution in [0.5, 0.6) is 0 Å². The molecule has 110 valence electrons. The van der Waals surface area contributed by atoms with E-state index in [1.54, 1.807) is 6.92 Å². The molecule has 2 amide bonds. The quantitative estimate of drug-likeness (QED) is 0.417. The van der Waals surface area contributed by atoms with Gasteiger partial charge in [0.15, 0.2) is 0 Å². The lowest BCUT2D eigenvalue weighted by molar-refractivity contribution is -0.141. The van der Waals surface area contributed by atoms with E-state index in [0.29, 0.717) is 25.8 Å². The van der Waals surface area contributed by atoms with Gasteiger partial charge in [-0.3, -0.25) is 4.79 Å². The molecule has 5 N–H and O–H groups in total. The number of amides is 2. The van der Waals surface area contributed by atoms with Crippen LogP contribution in [0.2, 0.25) is 0 Å². The molecule has 0 radical (unpaired) electrons. The summed E-state index contributed by atoms with van der Waals surface area (Å²) in [4.78, 5) is 33.3. The van der Waals surface area contributed by atoms with Gasteiger partial charge in [0.2, 0.25) is 5.91 Å². The van der Waals surface area contributed by atoms with E-state index in [1.165, 1.54) is 0 Å². The third-order valence-corrected chi connectivity index (χ3v) is 2.25. The van der Waals surface area contributed by atoms with Gasteiger partial charge in [0.25, 0.3) is 0 Å². The van der Waals surface area contributed by atoms with Crippen LogP contribution in [-0.2, 0) is 14.3 Å². The Bertz CT molecular complexity index is 309. The summed E-state index contributed by atoms with van der Waals surface area (Å²) in [5.74, 6) is -1.69. The van der Waals surface area contributed by atoms with Crippen LogP contribution in [0.15, 0.2) is 0 Å². The molecule has 0 saturated heterocycles. The summed E-state index contributed by atoms with van der Waals surface area (Å²) in [6.07, 6.45) is 0.893. The van der Waals surface area contributed by atoms with Crippen LogP contribution in [0.4, 0.5) is 4.79 Å². The zero-order valence-corrected chi connectivity index (χ0v) is 11.0. The van der Waals surface area contributed by atoms with E-state index >= 15 is 0 Å². The number of ether oxygens (including phenoxy) is 1. The average molecular weight is 275 g/mol. The number of unbranched alkanes of at least 4 members (excludes halogenated alkanes) is 1. The molecule has 0 spiro atoms. The van der Waals surface area contributed by atoms with Crippen molar-refractivity contribution in [1.29, 1.82) is 0 Å². The Hall–Kier alpha value is -1.83. The lowest BCUT2D eigenvalue weighted by atomic mass is 10.1. The number of carbonyl (C=O) groups excluding carboxylic acids is 2. The Morgan fingerprint density at radius 1 is 1.32 bits per heavy atom. The Labute approximate surface area is 111 Å². The topological polar surface area (TPSA) is 131 Å². The number of carbonyl (C=O) groups is 3. The average Bonchev–Trinajstić information content (AvgIpc) is 2.35. The number of rotatable bonds is 9. The van der Waals surface area contributed by atoms with E-state index in [4.69, 9.17) is 10.8 Å².